The molecule has 2 atom stereocenters. The number of pyridine rings is 1. The van der Waals surface area contributed by atoms with Gasteiger partial charge < -0.3 is 15.5 Å². The molecule has 4 aliphatic rings. The maximum absolute atomic E-state index is 14.3. The summed E-state index contributed by atoms with van der Waals surface area (Å²) >= 11 is 1.66. The third kappa shape index (κ3) is 4.19. The Balaban J connectivity index is 1.11. The molecule has 0 bridgehead atoms. The van der Waals surface area contributed by atoms with Gasteiger partial charge in [-0.1, -0.05) is 25.0 Å². The fourth-order valence-corrected chi connectivity index (χ4v) is 8.32. The lowest BCUT2D eigenvalue weighted by molar-refractivity contribution is -0.150. The molecule has 2 aliphatic heterocycles. The molecule has 41 heavy (non-hydrogen) atoms. The predicted molar refractivity (Wildman–Crippen MR) is 154 cm³/mol. The van der Waals surface area contributed by atoms with E-state index in [1.165, 1.54) is 17.7 Å². The Labute approximate surface area is 242 Å². The number of nitrogens with zero attached hydrogens (tertiary/aromatic N) is 2. The van der Waals surface area contributed by atoms with Crippen molar-refractivity contribution >= 4 is 29.4 Å². The summed E-state index contributed by atoms with van der Waals surface area (Å²) in [6.45, 7) is 2.78. The minimum absolute atomic E-state index is 0.00253. The van der Waals surface area contributed by atoms with Gasteiger partial charge in [-0.05, 0) is 79.6 Å². The average Bonchev–Trinajstić information content (AvgIpc) is 3.65. The number of nitrogens with one attached hydrogen (secondary N) is 2. The highest BCUT2D eigenvalue weighted by molar-refractivity contribution is 7.99. The van der Waals surface area contributed by atoms with E-state index in [4.69, 9.17) is 0 Å². The number of thioether (sulfide) groups is 1. The predicted octanol–water partition coefficient (Wildman–Crippen LogP) is 5.10. The van der Waals surface area contributed by atoms with Gasteiger partial charge in [-0.25, -0.2) is 13.8 Å². The van der Waals surface area contributed by atoms with Crippen molar-refractivity contribution in [2.75, 3.05) is 24.2 Å². The summed E-state index contributed by atoms with van der Waals surface area (Å²) in [7, 11) is 0. The normalized spacial score (nSPS) is 26.1. The first-order valence-corrected chi connectivity index (χ1v) is 15.3. The Morgan fingerprint density at radius 1 is 1.00 bits per heavy atom. The van der Waals surface area contributed by atoms with E-state index < -0.39 is 28.1 Å². The standard InChI is InChI=1S/C32H32F2N4O2S/c1-30(22-14-23(33)16-24(34)15-22)19-36-32(8-2-3-9-32)29(40)38(30)11-12-41-25-7-6-20-17-31(18-21(20)13-25)26-5-4-10-35-27(26)37-28(31)39/h4-7,10,13-16,36H,2-3,8-9,11-12,17-19H2,1H3,(H,35,37,39)/t30-,31?/m0/s1. The van der Waals surface area contributed by atoms with Gasteiger partial charge in [-0.15, -0.1) is 11.8 Å². The van der Waals surface area contributed by atoms with Crippen LogP contribution >= 0.6 is 11.8 Å². The number of aromatic nitrogens is 1. The molecule has 3 aromatic rings. The van der Waals surface area contributed by atoms with Crippen LogP contribution in [0.2, 0.25) is 0 Å². The molecule has 2 N–H and O–H groups in total. The lowest BCUT2D eigenvalue weighted by Gasteiger charge is -2.52. The summed E-state index contributed by atoms with van der Waals surface area (Å²) in [5.41, 5.74) is 1.66. The summed E-state index contributed by atoms with van der Waals surface area (Å²) in [6.07, 6.45) is 6.51. The number of carbonyl (C=O) groups excluding carboxylic acids is 2. The van der Waals surface area contributed by atoms with Crippen molar-refractivity contribution in [1.29, 1.82) is 0 Å². The van der Waals surface area contributed by atoms with E-state index in [0.29, 0.717) is 43.1 Å². The zero-order chi connectivity index (χ0) is 28.4. The van der Waals surface area contributed by atoms with Crippen molar-refractivity contribution in [3.63, 3.8) is 0 Å². The molecule has 9 heteroatoms. The van der Waals surface area contributed by atoms with E-state index >= 15 is 0 Å². The molecule has 0 radical (unpaired) electrons. The SMILES string of the molecule is C[C@@]1(c2cc(F)cc(F)c2)CNC2(CCCC2)C(=O)N1CCSc1ccc2c(c1)CC1(C2)C(=O)Nc2ncccc21. The molecule has 2 aromatic carbocycles. The number of piperazine rings is 1. The van der Waals surface area contributed by atoms with Gasteiger partial charge in [0, 0.05) is 41.6 Å². The fraction of sp³-hybridized carbons (Fsp3) is 0.406. The number of halogens is 2. The van der Waals surface area contributed by atoms with Gasteiger partial charge in [0.15, 0.2) is 0 Å². The minimum Gasteiger partial charge on any atom is -0.329 e. The van der Waals surface area contributed by atoms with Crippen LogP contribution in [-0.4, -0.2) is 46.1 Å². The Kier molecular flexibility index (Phi) is 6.24. The van der Waals surface area contributed by atoms with Crippen molar-refractivity contribution in [3.8, 4) is 0 Å². The minimum atomic E-state index is -0.879. The van der Waals surface area contributed by atoms with Crippen molar-refractivity contribution in [2.45, 2.75) is 66.8 Å². The van der Waals surface area contributed by atoms with Crippen LogP contribution in [0.4, 0.5) is 14.6 Å². The molecule has 2 spiro atoms. The van der Waals surface area contributed by atoms with Crippen LogP contribution in [-0.2, 0) is 33.4 Å². The van der Waals surface area contributed by atoms with Crippen LogP contribution in [0.1, 0.15) is 54.9 Å². The first kappa shape index (κ1) is 26.6. The van der Waals surface area contributed by atoms with E-state index in [2.05, 4.69) is 33.8 Å². The van der Waals surface area contributed by atoms with E-state index in [-0.39, 0.29) is 11.8 Å². The Bertz CT molecular complexity index is 1550. The number of rotatable bonds is 5. The number of anilines is 1. The maximum Gasteiger partial charge on any atom is 0.243 e. The maximum atomic E-state index is 14.3. The van der Waals surface area contributed by atoms with E-state index in [1.54, 1.807) is 18.0 Å². The number of hydrogen-bond acceptors (Lipinski definition) is 5. The molecular weight excluding hydrogens is 542 g/mol. The second-order valence-corrected chi connectivity index (χ2v) is 13.3. The monoisotopic (exact) mass is 574 g/mol. The topological polar surface area (TPSA) is 74.3 Å². The fourth-order valence-electron chi connectivity index (χ4n) is 7.42. The van der Waals surface area contributed by atoms with E-state index in [9.17, 15) is 18.4 Å². The highest BCUT2D eigenvalue weighted by Gasteiger charge is 2.53. The molecule has 7 rings (SSSR count). The summed E-state index contributed by atoms with van der Waals surface area (Å²) in [6, 6.07) is 13.8. The molecule has 1 saturated heterocycles. The van der Waals surface area contributed by atoms with Crippen LogP contribution in [0.15, 0.2) is 59.6 Å². The van der Waals surface area contributed by atoms with Crippen LogP contribution in [0.25, 0.3) is 0 Å². The molecule has 3 heterocycles. The molecule has 2 aliphatic carbocycles. The summed E-state index contributed by atoms with van der Waals surface area (Å²) in [5, 5.41) is 6.45. The van der Waals surface area contributed by atoms with E-state index in [0.717, 1.165) is 47.8 Å². The summed E-state index contributed by atoms with van der Waals surface area (Å²) < 4.78 is 28.5. The van der Waals surface area contributed by atoms with Crippen molar-refractivity contribution in [2.24, 2.45) is 0 Å². The van der Waals surface area contributed by atoms with Crippen molar-refractivity contribution in [1.82, 2.24) is 15.2 Å². The molecule has 212 valence electrons. The highest BCUT2D eigenvalue weighted by atomic mass is 32.2. The molecule has 2 fully saturated rings. The van der Waals surface area contributed by atoms with Gasteiger partial charge in [0.2, 0.25) is 11.8 Å². The molecule has 1 unspecified atom stereocenters. The van der Waals surface area contributed by atoms with Crippen LogP contribution < -0.4 is 10.6 Å². The Morgan fingerprint density at radius 2 is 1.76 bits per heavy atom. The zero-order valence-corrected chi connectivity index (χ0v) is 23.8. The van der Waals surface area contributed by atoms with Gasteiger partial charge in [-0.2, -0.15) is 0 Å². The first-order chi connectivity index (χ1) is 19.7. The summed E-state index contributed by atoms with van der Waals surface area (Å²) in [5.74, 6) is 0.0182. The second-order valence-electron chi connectivity index (χ2n) is 12.1. The molecule has 1 saturated carbocycles. The van der Waals surface area contributed by atoms with Gasteiger partial charge in [-0.3, -0.25) is 9.59 Å². The number of carbonyl (C=O) groups is 2. The quantitative estimate of drug-likeness (QED) is 0.415. The lowest BCUT2D eigenvalue weighted by Crippen LogP contribution is -2.70. The van der Waals surface area contributed by atoms with Crippen LogP contribution in [0.5, 0.6) is 0 Å². The number of fused-ring (bicyclic) bond motifs is 3. The highest BCUT2D eigenvalue weighted by Crippen LogP contribution is 2.47. The Hall–Kier alpha value is -3.30. The molecule has 1 aromatic heterocycles. The zero-order valence-electron chi connectivity index (χ0n) is 22.9. The summed E-state index contributed by atoms with van der Waals surface area (Å²) in [4.78, 5) is 34.3. The van der Waals surface area contributed by atoms with Gasteiger partial charge in [0.25, 0.3) is 0 Å². The first-order valence-electron chi connectivity index (χ1n) is 14.3. The largest absolute Gasteiger partial charge is 0.329 e. The lowest BCUT2D eigenvalue weighted by atomic mass is 9.79. The average molecular weight is 575 g/mol. The van der Waals surface area contributed by atoms with Gasteiger partial charge in [0.1, 0.15) is 17.5 Å². The smallest absolute Gasteiger partial charge is 0.243 e. The molecular formula is C32H32F2N4O2S. The second kappa shape index (κ2) is 9.63. The number of hydrogen-bond donors (Lipinski definition) is 2. The van der Waals surface area contributed by atoms with Gasteiger partial charge >= 0.3 is 0 Å². The Morgan fingerprint density at radius 3 is 2.54 bits per heavy atom. The third-order valence-corrected chi connectivity index (χ3v) is 10.7. The van der Waals surface area contributed by atoms with Crippen molar-refractivity contribution in [3.05, 3.63) is 88.6 Å². The van der Waals surface area contributed by atoms with Crippen molar-refractivity contribution < 1.29 is 18.4 Å². The number of amides is 2. The van der Waals surface area contributed by atoms with E-state index in [1.807, 2.05) is 24.0 Å². The van der Waals surface area contributed by atoms with Crippen LogP contribution in [0.3, 0.4) is 0 Å². The molecule has 6 nitrogen and oxygen atoms in total. The van der Waals surface area contributed by atoms with Crippen LogP contribution in [0, 0.1) is 11.6 Å². The molecule has 2 amide bonds. The van der Waals surface area contributed by atoms with Gasteiger partial charge in [0.05, 0.1) is 16.5 Å². The number of benzene rings is 2. The third-order valence-electron chi connectivity index (χ3n) is 9.70.